The molecule has 1 unspecified atom stereocenters. The van der Waals surface area contributed by atoms with Gasteiger partial charge < -0.3 is 14.2 Å². The molecule has 1 atom stereocenters. The van der Waals surface area contributed by atoms with Crippen molar-refractivity contribution in [1.82, 2.24) is 19.4 Å². The summed E-state index contributed by atoms with van der Waals surface area (Å²) in [6.07, 6.45) is 6.11. The Morgan fingerprint density at radius 3 is 2.73 bits per heavy atom. The molecule has 0 spiro atoms. The lowest BCUT2D eigenvalue weighted by atomic mass is 9.99. The lowest BCUT2D eigenvalue weighted by Crippen LogP contribution is -2.42. The third-order valence-electron chi connectivity index (χ3n) is 5.01. The van der Waals surface area contributed by atoms with E-state index < -0.39 is 0 Å². The average molecular weight is 306 g/mol. The Kier molecular flexibility index (Phi) is 5.50. The first-order valence-corrected chi connectivity index (χ1v) is 8.80. The van der Waals surface area contributed by atoms with Crippen LogP contribution in [0.15, 0.2) is 6.33 Å². The second-order valence-electron chi connectivity index (χ2n) is 6.68. The molecule has 0 radical (unpaired) electrons. The Hall–Kier alpha value is -0.910. The summed E-state index contributed by atoms with van der Waals surface area (Å²) in [5.74, 6) is 0.456. The van der Waals surface area contributed by atoms with Crippen LogP contribution in [0.3, 0.4) is 0 Å². The smallest absolute Gasteiger partial charge is 0.0949 e. The number of hydrogen-bond acceptors (Lipinski definition) is 4. The first-order valence-electron chi connectivity index (χ1n) is 8.80. The van der Waals surface area contributed by atoms with Gasteiger partial charge in [-0.25, -0.2) is 4.98 Å². The number of piperidine rings is 1. The number of aromatic nitrogens is 2. The van der Waals surface area contributed by atoms with Crippen molar-refractivity contribution in [2.45, 2.75) is 38.6 Å². The van der Waals surface area contributed by atoms with E-state index in [0.29, 0.717) is 5.92 Å². The molecular formula is C17H30N4O. The Labute approximate surface area is 134 Å². The molecule has 1 aromatic heterocycles. The van der Waals surface area contributed by atoms with E-state index in [2.05, 4.69) is 33.3 Å². The van der Waals surface area contributed by atoms with Gasteiger partial charge in [0.25, 0.3) is 0 Å². The van der Waals surface area contributed by atoms with Gasteiger partial charge in [0.1, 0.15) is 0 Å². The zero-order valence-corrected chi connectivity index (χ0v) is 14.1. The molecule has 0 aliphatic carbocycles. The quantitative estimate of drug-likeness (QED) is 0.803. The zero-order chi connectivity index (χ0) is 15.4. The maximum absolute atomic E-state index is 5.72. The second kappa shape index (κ2) is 7.57. The third kappa shape index (κ3) is 3.70. The molecule has 0 aromatic carbocycles. The summed E-state index contributed by atoms with van der Waals surface area (Å²) in [5, 5.41) is 0. The van der Waals surface area contributed by atoms with E-state index in [1.807, 2.05) is 6.33 Å². The first kappa shape index (κ1) is 16.0. The normalized spacial score (nSPS) is 23.6. The summed E-state index contributed by atoms with van der Waals surface area (Å²) >= 11 is 0. The lowest BCUT2D eigenvalue weighted by molar-refractivity contribution is 0.0979. The van der Waals surface area contributed by atoms with E-state index in [1.54, 1.807) is 0 Å². The third-order valence-corrected chi connectivity index (χ3v) is 5.01. The molecule has 0 N–H and O–H groups in total. The van der Waals surface area contributed by atoms with Crippen LogP contribution >= 0.6 is 0 Å². The number of ether oxygens (including phenoxy) is 1. The fraction of sp³-hybridized carbons (Fsp3) is 0.824. The lowest BCUT2D eigenvalue weighted by Gasteiger charge is -2.35. The van der Waals surface area contributed by atoms with Gasteiger partial charge in [-0.2, -0.15) is 0 Å². The molecular weight excluding hydrogens is 276 g/mol. The Morgan fingerprint density at radius 2 is 1.95 bits per heavy atom. The number of fused-ring (bicyclic) bond motifs is 1. The minimum atomic E-state index is 0.456. The van der Waals surface area contributed by atoms with Gasteiger partial charge in [0, 0.05) is 51.4 Å². The van der Waals surface area contributed by atoms with Gasteiger partial charge in [-0.05, 0) is 32.9 Å². The summed E-state index contributed by atoms with van der Waals surface area (Å²) in [6, 6.07) is 0. The predicted octanol–water partition coefficient (Wildman–Crippen LogP) is 1.84. The molecule has 0 saturated carbocycles. The summed E-state index contributed by atoms with van der Waals surface area (Å²) in [7, 11) is 2.11. The molecule has 1 aromatic rings. The van der Waals surface area contributed by atoms with Crippen LogP contribution in [-0.2, 0) is 18.3 Å². The Balaban J connectivity index is 1.59. The largest absolute Gasteiger partial charge is 0.381 e. The number of rotatable bonds is 6. The van der Waals surface area contributed by atoms with Crippen molar-refractivity contribution in [3.05, 3.63) is 17.7 Å². The van der Waals surface area contributed by atoms with Crippen molar-refractivity contribution < 1.29 is 4.74 Å². The SMILES string of the molecule is CCOCC1CN(CCN2CCCCC2)Cc2ncn(C)c21. The van der Waals surface area contributed by atoms with Crippen molar-refractivity contribution in [2.75, 3.05) is 45.9 Å². The number of hydrogen-bond donors (Lipinski definition) is 0. The van der Waals surface area contributed by atoms with Crippen LogP contribution in [0.2, 0.25) is 0 Å². The fourth-order valence-corrected chi connectivity index (χ4v) is 3.84. The number of aryl methyl sites for hydroxylation is 1. The predicted molar refractivity (Wildman–Crippen MR) is 88.0 cm³/mol. The van der Waals surface area contributed by atoms with Gasteiger partial charge in [0.2, 0.25) is 0 Å². The van der Waals surface area contributed by atoms with E-state index in [9.17, 15) is 0 Å². The number of imidazole rings is 1. The molecule has 1 saturated heterocycles. The minimum absolute atomic E-state index is 0.456. The van der Waals surface area contributed by atoms with E-state index in [-0.39, 0.29) is 0 Å². The maximum atomic E-state index is 5.72. The van der Waals surface area contributed by atoms with Gasteiger partial charge in [0.05, 0.1) is 18.6 Å². The van der Waals surface area contributed by atoms with Gasteiger partial charge in [-0.1, -0.05) is 6.42 Å². The Bertz CT molecular complexity index is 467. The molecule has 5 nitrogen and oxygen atoms in total. The highest BCUT2D eigenvalue weighted by Crippen LogP contribution is 2.27. The van der Waals surface area contributed by atoms with E-state index >= 15 is 0 Å². The van der Waals surface area contributed by atoms with Crippen LogP contribution in [0, 0.1) is 0 Å². The van der Waals surface area contributed by atoms with Crippen LogP contribution < -0.4 is 0 Å². The minimum Gasteiger partial charge on any atom is -0.381 e. The Morgan fingerprint density at radius 1 is 1.18 bits per heavy atom. The van der Waals surface area contributed by atoms with E-state index in [1.165, 1.54) is 50.3 Å². The van der Waals surface area contributed by atoms with Crippen molar-refractivity contribution in [3.63, 3.8) is 0 Å². The average Bonchev–Trinajstić information content (AvgIpc) is 2.93. The molecule has 124 valence electrons. The highest BCUT2D eigenvalue weighted by molar-refractivity contribution is 5.21. The second-order valence-corrected chi connectivity index (χ2v) is 6.68. The molecule has 0 amide bonds. The van der Waals surface area contributed by atoms with E-state index in [0.717, 1.165) is 32.8 Å². The van der Waals surface area contributed by atoms with Crippen LogP contribution in [0.1, 0.15) is 43.5 Å². The van der Waals surface area contributed by atoms with Crippen LogP contribution in [0.25, 0.3) is 0 Å². The molecule has 3 heterocycles. The van der Waals surface area contributed by atoms with Crippen molar-refractivity contribution in [3.8, 4) is 0 Å². The van der Waals surface area contributed by atoms with E-state index in [4.69, 9.17) is 4.74 Å². The molecule has 3 rings (SSSR count). The number of likely N-dealkylation sites (tertiary alicyclic amines) is 1. The maximum Gasteiger partial charge on any atom is 0.0949 e. The molecule has 2 aliphatic heterocycles. The number of nitrogens with zero attached hydrogens (tertiary/aromatic N) is 4. The summed E-state index contributed by atoms with van der Waals surface area (Å²) in [4.78, 5) is 9.79. The first-order chi connectivity index (χ1) is 10.8. The summed E-state index contributed by atoms with van der Waals surface area (Å²) in [6.45, 7) is 10.7. The molecule has 1 fully saturated rings. The molecule has 5 heteroatoms. The van der Waals surface area contributed by atoms with Crippen LogP contribution in [-0.4, -0.2) is 65.3 Å². The summed E-state index contributed by atoms with van der Waals surface area (Å²) < 4.78 is 7.90. The van der Waals surface area contributed by atoms with Gasteiger partial charge in [-0.15, -0.1) is 0 Å². The summed E-state index contributed by atoms with van der Waals surface area (Å²) in [5.41, 5.74) is 2.62. The molecule has 22 heavy (non-hydrogen) atoms. The highest BCUT2D eigenvalue weighted by Gasteiger charge is 2.29. The topological polar surface area (TPSA) is 33.5 Å². The molecule has 2 aliphatic rings. The van der Waals surface area contributed by atoms with Crippen LogP contribution in [0.5, 0.6) is 0 Å². The van der Waals surface area contributed by atoms with Crippen molar-refractivity contribution in [1.29, 1.82) is 0 Å². The van der Waals surface area contributed by atoms with Crippen molar-refractivity contribution >= 4 is 0 Å². The van der Waals surface area contributed by atoms with Crippen molar-refractivity contribution in [2.24, 2.45) is 7.05 Å². The monoisotopic (exact) mass is 306 g/mol. The molecule has 0 bridgehead atoms. The zero-order valence-electron chi connectivity index (χ0n) is 14.1. The highest BCUT2D eigenvalue weighted by atomic mass is 16.5. The standard InChI is InChI=1S/C17H30N4O/c1-3-22-13-15-11-21(10-9-20-7-5-4-6-8-20)12-16-17(15)19(2)14-18-16/h14-15H,3-13H2,1-2H3. The van der Waals surface area contributed by atoms with Crippen LogP contribution in [0.4, 0.5) is 0 Å². The van der Waals surface area contributed by atoms with Gasteiger partial charge >= 0.3 is 0 Å². The van der Waals surface area contributed by atoms with Gasteiger partial charge in [-0.3, -0.25) is 4.90 Å². The van der Waals surface area contributed by atoms with Gasteiger partial charge in [0.15, 0.2) is 0 Å². The fourth-order valence-electron chi connectivity index (χ4n) is 3.84.